The highest BCUT2D eigenvalue weighted by molar-refractivity contribution is 5.68. The number of likely N-dealkylation sites (tertiary alicyclic amines) is 1. The van der Waals surface area contributed by atoms with E-state index in [2.05, 4.69) is 13.8 Å². The second-order valence-electron chi connectivity index (χ2n) is 8.38. The van der Waals surface area contributed by atoms with Crippen LogP contribution >= 0.6 is 0 Å². The Kier molecular flexibility index (Phi) is 4.60. The minimum absolute atomic E-state index is 0.180. The van der Waals surface area contributed by atoms with Gasteiger partial charge < -0.3 is 20.1 Å². The van der Waals surface area contributed by atoms with Gasteiger partial charge in [-0.05, 0) is 70.6 Å². The van der Waals surface area contributed by atoms with E-state index in [1.54, 1.807) is 0 Å². The SMILES string of the molecule is Cc1cc(N)c2c(c1C1CCN(C(=O)OC(C)(C)C)CC1)CC(C)O2. The van der Waals surface area contributed by atoms with E-state index in [1.165, 1.54) is 16.7 Å². The van der Waals surface area contributed by atoms with Crippen molar-refractivity contribution >= 4 is 11.8 Å². The van der Waals surface area contributed by atoms with Gasteiger partial charge in [-0.25, -0.2) is 4.79 Å². The van der Waals surface area contributed by atoms with Crippen LogP contribution in [0.5, 0.6) is 5.75 Å². The number of nitrogens with zero attached hydrogens (tertiary/aromatic N) is 1. The number of piperidine rings is 1. The van der Waals surface area contributed by atoms with Gasteiger partial charge in [0.1, 0.15) is 17.5 Å². The third-order valence-electron chi connectivity index (χ3n) is 5.02. The largest absolute Gasteiger partial charge is 0.488 e. The van der Waals surface area contributed by atoms with Gasteiger partial charge in [0.05, 0.1) is 5.69 Å². The molecular weight excluding hydrogens is 316 g/mol. The molecule has 0 spiro atoms. The molecule has 1 atom stereocenters. The van der Waals surface area contributed by atoms with Gasteiger partial charge in [0.15, 0.2) is 0 Å². The van der Waals surface area contributed by atoms with Gasteiger partial charge in [-0.1, -0.05) is 0 Å². The Hall–Kier alpha value is -1.91. The second kappa shape index (κ2) is 6.43. The summed E-state index contributed by atoms with van der Waals surface area (Å²) in [6, 6.07) is 2.03. The van der Waals surface area contributed by atoms with Crippen molar-refractivity contribution < 1.29 is 14.3 Å². The summed E-state index contributed by atoms with van der Waals surface area (Å²) >= 11 is 0. The standard InChI is InChI=1S/C20H30N2O3/c1-12-10-16(21)18-15(11-13(2)24-18)17(12)14-6-8-22(9-7-14)19(23)25-20(3,4)5/h10,13-14H,6-9,11,21H2,1-5H3. The molecule has 25 heavy (non-hydrogen) atoms. The molecule has 1 amide bonds. The molecule has 2 heterocycles. The molecule has 0 saturated carbocycles. The van der Waals surface area contributed by atoms with Crippen LogP contribution in [0.2, 0.25) is 0 Å². The van der Waals surface area contributed by atoms with E-state index < -0.39 is 5.60 Å². The van der Waals surface area contributed by atoms with E-state index in [1.807, 2.05) is 31.7 Å². The van der Waals surface area contributed by atoms with Crippen molar-refractivity contribution in [3.8, 4) is 5.75 Å². The smallest absolute Gasteiger partial charge is 0.410 e. The molecule has 3 rings (SSSR count). The Bertz CT molecular complexity index is 670. The maximum atomic E-state index is 12.3. The average molecular weight is 346 g/mol. The van der Waals surface area contributed by atoms with Gasteiger partial charge in [-0.2, -0.15) is 0 Å². The van der Waals surface area contributed by atoms with E-state index in [-0.39, 0.29) is 12.2 Å². The highest BCUT2D eigenvalue weighted by atomic mass is 16.6. The first kappa shape index (κ1) is 17.9. The number of amides is 1. The molecule has 1 saturated heterocycles. The lowest BCUT2D eigenvalue weighted by molar-refractivity contribution is 0.0204. The predicted octanol–water partition coefficient (Wildman–Crippen LogP) is 4.02. The molecule has 5 nitrogen and oxygen atoms in total. The van der Waals surface area contributed by atoms with Gasteiger partial charge in [0.2, 0.25) is 0 Å². The van der Waals surface area contributed by atoms with Gasteiger partial charge >= 0.3 is 6.09 Å². The number of carbonyl (C=O) groups excluding carboxylic acids is 1. The fourth-order valence-electron chi connectivity index (χ4n) is 4.03. The molecule has 1 aromatic rings. The number of carbonyl (C=O) groups is 1. The van der Waals surface area contributed by atoms with Crippen LogP contribution in [0.1, 0.15) is 63.1 Å². The van der Waals surface area contributed by atoms with Crippen molar-refractivity contribution in [3.05, 3.63) is 22.8 Å². The fraction of sp³-hybridized carbons (Fsp3) is 0.650. The molecule has 1 unspecified atom stereocenters. The molecule has 0 aromatic heterocycles. The summed E-state index contributed by atoms with van der Waals surface area (Å²) in [5.74, 6) is 1.32. The molecule has 0 radical (unpaired) electrons. The number of rotatable bonds is 1. The van der Waals surface area contributed by atoms with E-state index >= 15 is 0 Å². The highest BCUT2D eigenvalue weighted by Gasteiger charge is 2.33. The molecule has 0 aliphatic carbocycles. The Balaban J connectivity index is 1.74. The van der Waals surface area contributed by atoms with Crippen molar-refractivity contribution in [2.24, 2.45) is 0 Å². The first-order chi connectivity index (χ1) is 11.7. The molecule has 1 aromatic carbocycles. The zero-order chi connectivity index (χ0) is 18.4. The van der Waals surface area contributed by atoms with Crippen molar-refractivity contribution in [2.45, 2.75) is 71.5 Å². The summed E-state index contributed by atoms with van der Waals surface area (Å²) in [4.78, 5) is 14.1. The van der Waals surface area contributed by atoms with E-state index in [9.17, 15) is 4.79 Å². The summed E-state index contributed by atoms with van der Waals surface area (Å²) in [7, 11) is 0. The summed E-state index contributed by atoms with van der Waals surface area (Å²) in [6.45, 7) is 11.4. The quantitative estimate of drug-likeness (QED) is 0.780. The van der Waals surface area contributed by atoms with Crippen molar-refractivity contribution in [2.75, 3.05) is 18.8 Å². The van der Waals surface area contributed by atoms with Crippen LogP contribution in [0, 0.1) is 6.92 Å². The van der Waals surface area contributed by atoms with Gasteiger partial charge in [-0.3, -0.25) is 0 Å². The van der Waals surface area contributed by atoms with E-state index in [0.29, 0.717) is 5.92 Å². The maximum Gasteiger partial charge on any atom is 0.410 e. The Morgan fingerprint density at radius 2 is 1.96 bits per heavy atom. The molecule has 138 valence electrons. The number of fused-ring (bicyclic) bond motifs is 1. The minimum Gasteiger partial charge on any atom is -0.488 e. The number of nitrogens with two attached hydrogens (primary N) is 1. The Morgan fingerprint density at radius 3 is 2.56 bits per heavy atom. The second-order valence-corrected chi connectivity index (χ2v) is 8.38. The van der Waals surface area contributed by atoms with Crippen molar-refractivity contribution in [3.63, 3.8) is 0 Å². The van der Waals surface area contributed by atoms with Crippen LogP contribution in [0.25, 0.3) is 0 Å². The van der Waals surface area contributed by atoms with Crippen LogP contribution in [0.3, 0.4) is 0 Å². The molecule has 2 N–H and O–H groups in total. The monoisotopic (exact) mass is 346 g/mol. The number of hydrogen-bond donors (Lipinski definition) is 1. The summed E-state index contributed by atoms with van der Waals surface area (Å²) in [6.07, 6.45) is 2.79. The average Bonchev–Trinajstić information content (AvgIpc) is 2.88. The third-order valence-corrected chi connectivity index (χ3v) is 5.02. The summed E-state index contributed by atoms with van der Waals surface area (Å²) < 4.78 is 11.4. The molecule has 2 aliphatic heterocycles. The van der Waals surface area contributed by atoms with E-state index in [4.69, 9.17) is 15.2 Å². The lowest BCUT2D eigenvalue weighted by Gasteiger charge is -2.34. The third kappa shape index (κ3) is 3.70. The number of ether oxygens (including phenoxy) is 2. The van der Waals surface area contributed by atoms with Crippen molar-refractivity contribution in [1.82, 2.24) is 4.90 Å². The molecule has 5 heteroatoms. The lowest BCUT2D eigenvalue weighted by atomic mass is 9.82. The first-order valence-corrected chi connectivity index (χ1v) is 9.22. The first-order valence-electron chi connectivity index (χ1n) is 9.22. The Morgan fingerprint density at radius 1 is 1.32 bits per heavy atom. The molecule has 2 aliphatic rings. The van der Waals surface area contributed by atoms with Crippen LogP contribution in [-0.4, -0.2) is 35.8 Å². The van der Waals surface area contributed by atoms with Crippen LogP contribution in [0.15, 0.2) is 6.07 Å². The highest BCUT2D eigenvalue weighted by Crippen LogP contribution is 2.44. The van der Waals surface area contributed by atoms with Crippen LogP contribution in [0.4, 0.5) is 10.5 Å². The normalized spacial score (nSPS) is 21.0. The number of hydrogen-bond acceptors (Lipinski definition) is 4. The van der Waals surface area contributed by atoms with Crippen LogP contribution < -0.4 is 10.5 Å². The number of benzene rings is 1. The molecule has 0 bridgehead atoms. The lowest BCUT2D eigenvalue weighted by Crippen LogP contribution is -2.41. The topological polar surface area (TPSA) is 64.8 Å². The van der Waals surface area contributed by atoms with Gasteiger partial charge in [0.25, 0.3) is 0 Å². The zero-order valence-corrected chi connectivity index (χ0v) is 16.0. The van der Waals surface area contributed by atoms with Crippen LogP contribution in [-0.2, 0) is 11.2 Å². The number of anilines is 1. The maximum absolute atomic E-state index is 12.3. The van der Waals surface area contributed by atoms with Gasteiger partial charge in [-0.15, -0.1) is 0 Å². The fourth-order valence-corrected chi connectivity index (χ4v) is 4.03. The zero-order valence-electron chi connectivity index (χ0n) is 16.0. The summed E-state index contributed by atoms with van der Waals surface area (Å²) in [5.41, 5.74) is 10.4. The number of aryl methyl sites for hydroxylation is 1. The number of nitrogen functional groups attached to an aromatic ring is 1. The predicted molar refractivity (Wildman–Crippen MR) is 99.2 cm³/mol. The minimum atomic E-state index is -0.449. The molecular formula is C20H30N2O3. The van der Waals surface area contributed by atoms with Crippen molar-refractivity contribution in [1.29, 1.82) is 0 Å². The molecule has 1 fully saturated rings. The van der Waals surface area contributed by atoms with Gasteiger partial charge in [0, 0.05) is 25.1 Å². The Labute approximate surface area is 150 Å². The summed E-state index contributed by atoms with van der Waals surface area (Å²) in [5, 5.41) is 0. The van der Waals surface area contributed by atoms with E-state index in [0.717, 1.165) is 43.8 Å².